The third kappa shape index (κ3) is 1.84. The first kappa shape index (κ1) is 10.9. The number of hydrogen-bond donors (Lipinski definition) is 1. The fraction of sp³-hybridized carbons (Fsp3) is 0.154. The average molecular weight is 239 g/mol. The minimum Gasteiger partial charge on any atom is -0.330 e. The number of fused-ring (bicyclic) bond motifs is 1. The summed E-state index contributed by atoms with van der Waals surface area (Å²) in [5.74, 6) is 1.41. The third-order valence-corrected chi connectivity index (χ3v) is 2.81. The van der Waals surface area contributed by atoms with E-state index >= 15 is 0 Å². The van der Waals surface area contributed by atoms with Crippen molar-refractivity contribution in [2.45, 2.75) is 6.42 Å². The number of rotatable bonds is 3. The van der Waals surface area contributed by atoms with E-state index in [1.54, 1.807) is 6.20 Å². The Morgan fingerprint density at radius 1 is 1.17 bits per heavy atom. The lowest BCUT2D eigenvalue weighted by Crippen LogP contribution is -2.02. The lowest BCUT2D eigenvalue weighted by atomic mass is 10.1. The van der Waals surface area contributed by atoms with Gasteiger partial charge in [0, 0.05) is 18.0 Å². The molecule has 90 valence electrons. The van der Waals surface area contributed by atoms with Crippen LogP contribution in [0.5, 0.6) is 0 Å². The quantitative estimate of drug-likeness (QED) is 0.747. The molecule has 3 rings (SSSR count). The molecule has 0 fully saturated rings. The largest absolute Gasteiger partial charge is 0.330 e. The van der Waals surface area contributed by atoms with Crippen LogP contribution in [0.25, 0.3) is 17.2 Å². The maximum absolute atomic E-state index is 5.58. The maximum atomic E-state index is 5.58. The van der Waals surface area contributed by atoms with Crippen molar-refractivity contribution in [1.82, 2.24) is 19.6 Å². The molecule has 0 unspecified atom stereocenters. The zero-order valence-electron chi connectivity index (χ0n) is 9.82. The van der Waals surface area contributed by atoms with E-state index in [4.69, 9.17) is 5.73 Å². The Morgan fingerprint density at radius 2 is 2.11 bits per heavy atom. The van der Waals surface area contributed by atoms with E-state index in [9.17, 15) is 0 Å². The topological polar surface area (TPSA) is 69.1 Å². The summed E-state index contributed by atoms with van der Waals surface area (Å²) >= 11 is 0. The monoisotopic (exact) mass is 239 g/mol. The molecule has 0 aliphatic heterocycles. The van der Waals surface area contributed by atoms with Gasteiger partial charge in [-0.3, -0.25) is 4.40 Å². The summed E-state index contributed by atoms with van der Waals surface area (Å²) in [6, 6.07) is 10.1. The van der Waals surface area contributed by atoms with Crippen molar-refractivity contribution in [1.29, 1.82) is 0 Å². The van der Waals surface area contributed by atoms with Crippen molar-refractivity contribution >= 4 is 5.78 Å². The van der Waals surface area contributed by atoms with E-state index in [1.165, 1.54) is 5.56 Å². The van der Waals surface area contributed by atoms with Gasteiger partial charge in [-0.05, 0) is 30.7 Å². The van der Waals surface area contributed by atoms with Crippen molar-refractivity contribution in [3.63, 3.8) is 0 Å². The second-order valence-corrected chi connectivity index (χ2v) is 4.05. The fourth-order valence-electron chi connectivity index (χ4n) is 1.97. The first-order valence-electron chi connectivity index (χ1n) is 5.83. The molecular formula is C13H13N5. The average Bonchev–Trinajstić information content (AvgIpc) is 2.83. The van der Waals surface area contributed by atoms with Crippen molar-refractivity contribution in [2.75, 3.05) is 6.54 Å². The minimum absolute atomic E-state index is 0.608. The van der Waals surface area contributed by atoms with E-state index in [1.807, 2.05) is 28.8 Å². The number of hydrogen-bond acceptors (Lipinski definition) is 4. The van der Waals surface area contributed by atoms with Gasteiger partial charge < -0.3 is 5.73 Å². The molecule has 3 aromatic rings. The first-order chi connectivity index (χ1) is 8.88. The molecule has 0 aliphatic carbocycles. The summed E-state index contributed by atoms with van der Waals surface area (Å²) < 4.78 is 1.88. The number of aromatic nitrogens is 4. The van der Waals surface area contributed by atoms with Crippen molar-refractivity contribution in [2.24, 2.45) is 5.73 Å². The molecule has 0 bridgehead atoms. The molecule has 2 heterocycles. The standard InChI is InChI=1S/C13H13N5/c14-6-5-10-3-1-4-11(9-10)12-16-17-13-15-7-2-8-18(12)13/h1-4,7-9H,5-6,14H2. The van der Waals surface area contributed by atoms with Crippen LogP contribution in [0, 0.1) is 0 Å². The smallest absolute Gasteiger partial charge is 0.255 e. The van der Waals surface area contributed by atoms with Crippen molar-refractivity contribution in [3.05, 3.63) is 48.3 Å². The Balaban J connectivity index is 2.11. The summed E-state index contributed by atoms with van der Waals surface area (Å²) in [6.07, 6.45) is 4.48. The van der Waals surface area contributed by atoms with Gasteiger partial charge >= 0.3 is 0 Å². The number of nitrogens with two attached hydrogens (primary N) is 1. The zero-order chi connectivity index (χ0) is 12.4. The highest BCUT2D eigenvalue weighted by atomic mass is 15.3. The van der Waals surface area contributed by atoms with E-state index in [2.05, 4.69) is 27.3 Å². The predicted molar refractivity (Wildman–Crippen MR) is 69.0 cm³/mol. The second-order valence-electron chi connectivity index (χ2n) is 4.05. The van der Waals surface area contributed by atoms with Crippen molar-refractivity contribution in [3.8, 4) is 11.4 Å². The van der Waals surface area contributed by atoms with Gasteiger partial charge in [-0.15, -0.1) is 10.2 Å². The van der Waals surface area contributed by atoms with Crippen LogP contribution in [0.2, 0.25) is 0 Å². The van der Waals surface area contributed by atoms with E-state index in [0.717, 1.165) is 17.8 Å². The van der Waals surface area contributed by atoms with Crippen molar-refractivity contribution < 1.29 is 0 Å². The molecule has 5 nitrogen and oxygen atoms in total. The van der Waals surface area contributed by atoms with Crippen LogP contribution in [-0.4, -0.2) is 26.1 Å². The van der Waals surface area contributed by atoms with Crippen LogP contribution >= 0.6 is 0 Å². The first-order valence-corrected chi connectivity index (χ1v) is 5.83. The number of benzene rings is 1. The highest BCUT2D eigenvalue weighted by Crippen LogP contribution is 2.18. The van der Waals surface area contributed by atoms with Crippen LogP contribution in [0.15, 0.2) is 42.7 Å². The van der Waals surface area contributed by atoms with Gasteiger partial charge in [-0.1, -0.05) is 18.2 Å². The predicted octanol–water partition coefficient (Wildman–Crippen LogP) is 1.29. The third-order valence-electron chi connectivity index (χ3n) is 2.81. The Bertz CT molecular complexity index is 674. The second kappa shape index (κ2) is 4.54. The van der Waals surface area contributed by atoms with Gasteiger partial charge in [-0.2, -0.15) is 0 Å². The van der Waals surface area contributed by atoms with Gasteiger partial charge in [0.2, 0.25) is 0 Å². The highest BCUT2D eigenvalue weighted by Gasteiger charge is 2.08. The molecule has 0 saturated heterocycles. The van der Waals surface area contributed by atoms with Gasteiger partial charge in [0.25, 0.3) is 5.78 Å². The normalized spacial score (nSPS) is 10.9. The van der Waals surface area contributed by atoms with E-state index in [-0.39, 0.29) is 0 Å². The lowest BCUT2D eigenvalue weighted by molar-refractivity contribution is 0.968. The van der Waals surface area contributed by atoms with Gasteiger partial charge in [0.15, 0.2) is 5.82 Å². The van der Waals surface area contributed by atoms with E-state index < -0.39 is 0 Å². The summed E-state index contributed by atoms with van der Waals surface area (Å²) in [7, 11) is 0. The molecule has 0 radical (unpaired) electrons. The van der Waals surface area contributed by atoms with Gasteiger partial charge in [-0.25, -0.2) is 4.98 Å². The Hall–Kier alpha value is -2.27. The molecule has 0 amide bonds. The maximum Gasteiger partial charge on any atom is 0.255 e. The zero-order valence-corrected chi connectivity index (χ0v) is 9.82. The summed E-state index contributed by atoms with van der Waals surface area (Å²) in [5.41, 5.74) is 7.81. The Kier molecular flexibility index (Phi) is 2.74. The van der Waals surface area contributed by atoms with Crippen LogP contribution < -0.4 is 5.73 Å². The highest BCUT2D eigenvalue weighted by molar-refractivity contribution is 5.58. The molecule has 18 heavy (non-hydrogen) atoms. The molecule has 0 aliphatic rings. The minimum atomic E-state index is 0.608. The summed E-state index contributed by atoms with van der Waals surface area (Å²) in [4.78, 5) is 4.16. The molecule has 2 aromatic heterocycles. The number of nitrogens with zero attached hydrogens (tertiary/aromatic N) is 4. The van der Waals surface area contributed by atoms with Gasteiger partial charge in [0.1, 0.15) is 0 Å². The van der Waals surface area contributed by atoms with Gasteiger partial charge in [0.05, 0.1) is 0 Å². The Morgan fingerprint density at radius 3 is 3.00 bits per heavy atom. The van der Waals surface area contributed by atoms with Crippen LogP contribution in [0.3, 0.4) is 0 Å². The van der Waals surface area contributed by atoms with Crippen LogP contribution in [-0.2, 0) is 6.42 Å². The molecular weight excluding hydrogens is 226 g/mol. The Labute approximate surface area is 104 Å². The van der Waals surface area contributed by atoms with Crippen LogP contribution in [0.4, 0.5) is 0 Å². The van der Waals surface area contributed by atoms with Crippen LogP contribution in [0.1, 0.15) is 5.56 Å². The summed E-state index contributed by atoms with van der Waals surface area (Å²) in [6.45, 7) is 0.644. The molecule has 5 heteroatoms. The molecule has 1 aromatic carbocycles. The van der Waals surface area contributed by atoms with E-state index in [0.29, 0.717) is 12.3 Å². The SMILES string of the molecule is NCCc1cccc(-c2nnc3ncccn23)c1. The lowest BCUT2D eigenvalue weighted by Gasteiger charge is -2.02. The fourth-order valence-corrected chi connectivity index (χ4v) is 1.97. The molecule has 0 atom stereocenters. The molecule has 0 spiro atoms. The summed E-state index contributed by atoms with van der Waals surface area (Å²) in [5, 5.41) is 8.23. The molecule has 2 N–H and O–H groups in total. The molecule has 0 saturated carbocycles.